The largest absolute Gasteiger partial charge is 0.377 e. The van der Waals surface area contributed by atoms with Crippen molar-refractivity contribution in [3.05, 3.63) is 35.6 Å². The molecule has 27 heavy (non-hydrogen) atoms. The minimum absolute atomic E-state index is 0.0597. The normalized spacial score (nSPS) is 28.0. The summed E-state index contributed by atoms with van der Waals surface area (Å²) in [5.74, 6) is -1.32. The molecule has 4 N–H and O–H groups in total. The quantitative estimate of drug-likeness (QED) is 0.414. The maximum atomic E-state index is 13.1. The molecule has 8 nitrogen and oxygen atoms in total. The number of hydrogen-bond donors (Lipinski definition) is 4. The third-order valence-electron chi connectivity index (χ3n) is 5.52. The van der Waals surface area contributed by atoms with Gasteiger partial charge in [-0.25, -0.2) is 22.6 Å². The molecule has 0 aliphatic carbocycles. The highest BCUT2D eigenvalue weighted by atomic mass is 32.2. The predicted octanol–water partition coefficient (Wildman–Crippen LogP) is -0.0667. The van der Waals surface area contributed by atoms with E-state index in [2.05, 4.69) is 5.32 Å². The van der Waals surface area contributed by atoms with Crippen LogP contribution >= 0.6 is 0 Å². The topological polar surface area (TPSA) is 119 Å². The Morgan fingerprint density at radius 3 is 2.44 bits per heavy atom. The molecule has 2 aliphatic rings. The van der Waals surface area contributed by atoms with E-state index in [1.54, 1.807) is 12.1 Å². The number of rotatable bonds is 4. The highest BCUT2D eigenvalue weighted by Crippen LogP contribution is 2.33. The molecule has 2 saturated heterocycles. The van der Waals surface area contributed by atoms with Gasteiger partial charge in [-0.15, -0.1) is 0 Å². The van der Waals surface area contributed by atoms with E-state index in [1.165, 1.54) is 21.9 Å². The number of hydrogen-bond acceptors (Lipinski definition) is 6. The Hall–Kier alpha value is -1.59. The van der Waals surface area contributed by atoms with Crippen molar-refractivity contribution in [3.63, 3.8) is 0 Å². The van der Waals surface area contributed by atoms with Crippen LogP contribution in [0.15, 0.2) is 24.3 Å². The zero-order chi connectivity index (χ0) is 19.7. The Kier molecular flexibility index (Phi) is 5.82. The lowest BCUT2D eigenvalue weighted by Crippen LogP contribution is -2.67. The number of hydroxylamine groups is 1. The van der Waals surface area contributed by atoms with Crippen LogP contribution in [0.1, 0.15) is 30.7 Å². The zero-order valence-corrected chi connectivity index (χ0v) is 15.6. The van der Waals surface area contributed by atoms with E-state index >= 15 is 0 Å². The Morgan fingerprint density at radius 1 is 1.22 bits per heavy atom. The van der Waals surface area contributed by atoms with Crippen LogP contribution in [0.2, 0.25) is 0 Å². The number of β-amino-alcohol motifs (C(OH)–C–C–N with tert-alkyl or cyclic N) is 1. The summed E-state index contributed by atoms with van der Waals surface area (Å²) in [4.78, 5) is 11.9. The van der Waals surface area contributed by atoms with Crippen LogP contribution in [0.25, 0.3) is 0 Å². The number of carbonyl (C=O) groups is 1. The molecule has 2 unspecified atom stereocenters. The van der Waals surface area contributed by atoms with Gasteiger partial charge in [-0.05, 0) is 49.4 Å². The first-order valence-corrected chi connectivity index (χ1v) is 10.4. The van der Waals surface area contributed by atoms with Crippen LogP contribution in [0.4, 0.5) is 4.39 Å². The first kappa shape index (κ1) is 20.2. The number of nitrogens with zero attached hydrogens (tertiary/aromatic N) is 1. The summed E-state index contributed by atoms with van der Waals surface area (Å²) in [6.07, 6.45) is 1.20. The number of piperidine rings is 2. The van der Waals surface area contributed by atoms with E-state index in [9.17, 15) is 22.7 Å². The lowest BCUT2D eigenvalue weighted by Gasteiger charge is -2.41. The summed E-state index contributed by atoms with van der Waals surface area (Å²) >= 11 is 0. The first-order chi connectivity index (χ1) is 12.8. The second-order valence-electron chi connectivity index (χ2n) is 7.09. The summed E-state index contributed by atoms with van der Waals surface area (Å²) in [6, 6.07) is 6.20. The van der Waals surface area contributed by atoms with E-state index in [1.807, 2.05) is 0 Å². The molecule has 1 aromatic rings. The average molecular weight is 401 g/mol. The van der Waals surface area contributed by atoms with Crippen LogP contribution in [0.3, 0.4) is 0 Å². The second kappa shape index (κ2) is 7.80. The number of benzene rings is 1. The molecule has 0 bridgehead atoms. The highest BCUT2D eigenvalue weighted by molar-refractivity contribution is 7.89. The molecular weight excluding hydrogens is 377 g/mol. The molecule has 3 rings (SSSR count). The van der Waals surface area contributed by atoms with Gasteiger partial charge in [-0.2, -0.15) is 0 Å². The van der Waals surface area contributed by atoms with Crippen molar-refractivity contribution in [2.75, 3.05) is 26.2 Å². The lowest BCUT2D eigenvalue weighted by atomic mass is 9.90. The molecule has 2 heterocycles. The smallest absolute Gasteiger partial charge is 0.278 e. The van der Waals surface area contributed by atoms with Gasteiger partial charge in [0, 0.05) is 19.6 Å². The number of aliphatic hydroxyl groups is 1. The molecule has 0 radical (unpaired) electrons. The van der Waals surface area contributed by atoms with E-state index in [0.29, 0.717) is 19.4 Å². The van der Waals surface area contributed by atoms with Crippen LogP contribution in [-0.4, -0.2) is 66.0 Å². The SMILES string of the molecule is O=C(NO)C1(O)CNCCC1S(=O)(=O)N1CCC(c2ccc(F)cc2)CC1. The van der Waals surface area contributed by atoms with Crippen LogP contribution in [0, 0.1) is 5.82 Å². The van der Waals surface area contributed by atoms with Crippen molar-refractivity contribution < 1.29 is 27.9 Å². The average Bonchev–Trinajstić information content (AvgIpc) is 2.68. The Morgan fingerprint density at radius 2 is 1.85 bits per heavy atom. The Labute approximate surface area is 157 Å². The number of halogens is 1. The van der Waals surface area contributed by atoms with E-state index in [4.69, 9.17) is 5.21 Å². The van der Waals surface area contributed by atoms with Gasteiger partial charge in [-0.3, -0.25) is 10.0 Å². The Bertz CT molecular complexity index is 780. The molecule has 2 fully saturated rings. The second-order valence-corrected chi connectivity index (χ2v) is 9.20. The van der Waals surface area contributed by atoms with Crippen LogP contribution in [-0.2, 0) is 14.8 Å². The minimum atomic E-state index is -3.95. The molecule has 0 saturated carbocycles. The molecule has 150 valence electrons. The van der Waals surface area contributed by atoms with E-state index in [0.717, 1.165) is 5.56 Å². The number of amides is 1. The van der Waals surface area contributed by atoms with Gasteiger partial charge in [-0.1, -0.05) is 12.1 Å². The molecule has 1 aromatic carbocycles. The number of carbonyl (C=O) groups excluding carboxylic acids is 1. The van der Waals surface area contributed by atoms with Crippen LogP contribution < -0.4 is 10.8 Å². The minimum Gasteiger partial charge on any atom is -0.377 e. The van der Waals surface area contributed by atoms with Crippen molar-refractivity contribution >= 4 is 15.9 Å². The van der Waals surface area contributed by atoms with Crippen molar-refractivity contribution in [1.82, 2.24) is 15.1 Å². The van der Waals surface area contributed by atoms with Gasteiger partial charge >= 0.3 is 0 Å². The fraction of sp³-hybridized carbons (Fsp3) is 0.588. The fourth-order valence-corrected chi connectivity index (χ4v) is 6.12. The van der Waals surface area contributed by atoms with Gasteiger partial charge in [0.2, 0.25) is 10.0 Å². The number of nitrogens with one attached hydrogen (secondary N) is 2. The zero-order valence-electron chi connectivity index (χ0n) is 14.8. The fourth-order valence-electron chi connectivity index (χ4n) is 3.94. The van der Waals surface area contributed by atoms with Gasteiger partial charge in [0.1, 0.15) is 11.1 Å². The highest BCUT2D eigenvalue weighted by Gasteiger charge is 2.53. The van der Waals surface area contributed by atoms with E-state index in [-0.39, 0.29) is 37.8 Å². The van der Waals surface area contributed by atoms with Crippen molar-refractivity contribution in [3.8, 4) is 0 Å². The molecule has 1 amide bonds. The number of sulfonamides is 1. The third kappa shape index (κ3) is 3.85. The predicted molar refractivity (Wildman–Crippen MR) is 95.0 cm³/mol. The summed E-state index contributed by atoms with van der Waals surface area (Å²) in [5.41, 5.74) is 0.0986. The molecular formula is C17H24FN3O5S. The van der Waals surface area contributed by atoms with Gasteiger partial charge in [0.05, 0.1) is 0 Å². The summed E-state index contributed by atoms with van der Waals surface area (Å²) < 4.78 is 40.6. The molecule has 10 heteroatoms. The maximum Gasteiger partial charge on any atom is 0.278 e. The summed E-state index contributed by atoms with van der Waals surface area (Å²) in [5, 5.41) is 21.0. The monoisotopic (exact) mass is 401 g/mol. The van der Waals surface area contributed by atoms with Crippen molar-refractivity contribution in [1.29, 1.82) is 0 Å². The maximum absolute atomic E-state index is 13.1. The van der Waals surface area contributed by atoms with Gasteiger partial charge < -0.3 is 10.4 Å². The summed E-state index contributed by atoms with van der Waals surface area (Å²) in [6.45, 7) is 0.600. The van der Waals surface area contributed by atoms with E-state index < -0.39 is 26.8 Å². The van der Waals surface area contributed by atoms with Gasteiger partial charge in [0.25, 0.3) is 5.91 Å². The molecule has 2 atom stereocenters. The van der Waals surface area contributed by atoms with Gasteiger partial charge in [0.15, 0.2) is 5.60 Å². The van der Waals surface area contributed by atoms with Crippen molar-refractivity contribution in [2.45, 2.75) is 36.0 Å². The Balaban J connectivity index is 1.74. The third-order valence-corrected chi connectivity index (χ3v) is 7.95. The lowest BCUT2D eigenvalue weighted by molar-refractivity contribution is -0.150. The first-order valence-electron chi connectivity index (χ1n) is 8.91. The molecule has 2 aliphatic heterocycles. The molecule has 0 spiro atoms. The van der Waals surface area contributed by atoms with Crippen molar-refractivity contribution in [2.24, 2.45) is 0 Å². The standard InChI is InChI=1S/C17H24FN3O5S/c18-14-3-1-12(2-4-14)13-6-9-21(10-7-13)27(25,26)15-5-8-19-11-17(15,23)16(22)20-24/h1-4,13,15,19,23-24H,5-11H2,(H,20,22). The summed E-state index contributed by atoms with van der Waals surface area (Å²) in [7, 11) is -3.95. The molecule has 0 aromatic heterocycles. The van der Waals surface area contributed by atoms with Crippen LogP contribution in [0.5, 0.6) is 0 Å².